The number of allylic oxidation sites excluding steroid dienone is 3. The normalized spacial score (nSPS) is 24.7. The van der Waals surface area contributed by atoms with Crippen LogP contribution in [-0.2, 0) is 0 Å². The number of piperidine rings is 1. The van der Waals surface area contributed by atoms with E-state index < -0.39 is 0 Å². The second-order valence-electron chi connectivity index (χ2n) is 8.81. The lowest BCUT2D eigenvalue weighted by molar-refractivity contribution is 0.0832. The smallest absolute Gasteiger partial charge is 0.244 e. The Kier molecular flexibility index (Phi) is 5.19. The average molecular weight is 422 g/mol. The minimum atomic E-state index is 0.360. The van der Waals surface area contributed by atoms with Crippen molar-refractivity contribution >= 4 is 17.0 Å². The zero-order chi connectivity index (χ0) is 21.5. The van der Waals surface area contributed by atoms with Gasteiger partial charge in [-0.2, -0.15) is 4.98 Å². The van der Waals surface area contributed by atoms with Gasteiger partial charge in [0.05, 0.1) is 12.8 Å². The van der Waals surface area contributed by atoms with E-state index in [1.54, 1.807) is 7.11 Å². The zero-order valence-corrected chi connectivity index (χ0v) is 18.7. The second kappa shape index (κ2) is 8.01. The van der Waals surface area contributed by atoms with Crippen molar-refractivity contribution in [1.82, 2.24) is 29.5 Å². The summed E-state index contributed by atoms with van der Waals surface area (Å²) in [5.41, 5.74) is 4.28. The second-order valence-corrected chi connectivity index (χ2v) is 8.81. The fraction of sp³-hybridized carbons (Fsp3) is 0.478. The quantitative estimate of drug-likeness (QED) is 0.815. The van der Waals surface area contributed by atoms with E-state index in [0.717, 1.165) is 49.1 Å². The number of methoxy groups -OCH3 is 1. The van der Waals surface area contributed by atoms with Crippen molar-refractivity contribution < 1.29 is 4.74 Å². The molecule has 3 aliphatic heterocycles. The topological polar surface area (TPSA) is 61.2 Å². The first kappa shape index (κ1) is 20.1. The average Bonchev–Trinajstić information content (AvgIpc) is 3.19. The van der Waals surface area contributed by atoms with E-state index in [4.69, 9.17) is 14.8 Å². The molecule has 0 aromatic carbocycles. The highest BCUT2D eigenvalue weighted by atomic mass is 16.5. The summed E-state index contributed by atoms with van der Waals surface area (Å²) in [6, 6.07) is 2.45. The highest BCUT2D eigenvalue weighted by Gasteiger charge is 2.26. The molecular formula is C23H31N7O. The largest absolute Gasteiger partial charge is 0.479 e. The summed E-state index contributed by atoms with van der Waals surface area (Å²) in [5, 5.41) is 12.7. The molecule has 5 heterocycles. The van der Waals surface area contributed by atoms with Crippen LogP contribution >= 0.6 is 0 Å². The van der Waals surface area contributed by atoms with Crippen LogP contribution in [-0.4, -0.2) is 76.4 Å². The van der Waals surface area contributed by atoms with Crippen molar-refractivity contribution in [2.75, 3.05) is 46.2 Å². The van der Waals surface area contributed by atoms with Crippen LogP contribution < -0.4 is 10.1 Å². The molecule has 2 aromatic heterocycles. The molecule has 2 atom stereocenters. The third kappa shape index (κ3) is 3.70. The predicted molar refractivity (Wildman–Crippen MR) is 123 cm³/mol. The van der Waals surface area contributed by atoms with Crippen LogP contribution in [0.3, 0.4) is 0 Å². The summed E-state index contributed by atoms with van der Waals surface area (Å²) >= 11 is 0. The number of nitrogens with one attached hydrogen (secondary N) is 1. The maximum Gasteiger partial charge on any atom is 0.244 e. The molecule has 0 bridgehead atoms. The number of aromatic nitrogens is 3. The molecule has 0 amide bonds. The zero-order valence-electron chi connectivity index (χ0n) is 18.7. The molecule has 0 unspecified atom stereocenters. The summed E-state index contributed by atoms with van der Waals surface area (Å²) in [6.45, 7) is 5.46. The van der Waals surface area contributed by atoms with Gasteiger partial charge in [0.1, 0.15) is 5.52 Å². The SMILES string of the molecule is COc1nc(N[C@H]2CCN(C)C[C@H]2C)nn2ccc(C3=CC4=CCCN(C)N4C=C3)c12. The van der Waals surface area contributed by atoms with Gasteiger partial charge in [-0.3, -0.25) is 5.01 Å². The summed E-state index contributed by atoms with van der Waals surface area (Å²) < 4.78 is 7.59. The Bertz CT molecular complexity index is 1070. The van der Waals surface area contributed by atoms with E-state index in [2.05, 4.69) is 71.7 Å². The number of hydrazine groups is 1. The van der Waals surface area contributed by atoms with Gasteiger partial charge in [-0.1, -0.05) is 13.0 Å². The molecule has 3 aliphatic rings. The van der Waals surface area contributed by atoms with E-state index in [1.807, 2.05) is 10.7 Å². The van der Waals surface area contributed by atoms with E-state index >= 15 is 0 Å². The van der Waals surface area contributed by atoms with Gasteiger partial charge in [-0.25, -0.2) is 9.52 Å². The van der Waals surface area contributed by atoms with Crippen LogP contribution in [0.5, 0.6) is 5.88 Å². The first-order valence-electron chi connectivity index (χ1n) is 11.0. The van der Waals surface area contributed by atoms with Gasteiger partial charge in [0.25, 0.3) is 0 Å². The Labute approximate surface area is 183 Å². The van der Waals surface area contributed by atoms with Crippen molar-refractivity contribution in [3.63, 3.8) is 0 Å². The Morgan fingerprint density at radius 2 is 2.10 bits per heavy atom. The third-order valence-corrected chi connectivity index (χ3v) is 6.54. The standard InChI is InChI=1S/C23H31N7O/c1-16-15-27(2)11-9-20(16)24-23-25-22(31-4)21-19(8-12-29(21)26-23)17-7-13-30-18(14-17)6-5-10-28(30)3/h6-8,12-14,16,20H,5,9-11,15H2,1-4H3,(H,24,26)/t16-,20+/m1/s1. The van der Waals surface area contributed by atoms with Crippen molar-refractivity contribution in [1.29, 1.82) is 0 Å². The maximum atomic E-state index is 5.71. The van der Waals surface area contributed by atoms with Crippen LogP contribution in [0.15, 0.2) is 42.4 Å². The van der Waals surface area contributed by atoms with Crippen LogP contribution in [0.25, 0.3) is 11.1 Å². The minimum absolute atomic E-state index is 0.360. The van der Waals surface area contributed by atoms with Crippen LogP contribution in [0.2, 0.25) is 0 Å². The number of nitrogens with zero attached hydrogens (tertiary/aromatic N) is 6. The van der Waals surface area contributed by atoms with E-state index in [1.165, 1.54) is 5.70 Å². The number of rotatable bonds is 4. The minimum Gasteiger partial charge on any atom is -0.479 e. The van der Waals surface area contributed by atoms with Crippen LogP contribution in [0.1, 0.15) is 25.3 Å². The molecular weight excluding hydrogens is 390 g/mol. The summed E-state index contributed by atoms with van der Waals surface area (Å²) in [7, 11) is 5.96. The first-order chi connectivity index (χ1) is 15.0. The van der Waals surface area contributed by atoms with Gasteiger partial charge in [-0.15, -0.1) is 5.10 Å². The molecule has 5 rings (SSSR count). The molecule has 1 fully saturated rings. The van der Waals surface area contributed by atoms with E-state index in [9.17, 15) is 0 Å². The molecule has 8 nitrogen and oxygen atoms in total. The Balaban J connectivity index is 1.47. The number of hydrogen-bond acceptors (Lipinski definition) is 7. The number of anilines is 1. The van der Waals surface area contributed by atoms with Gasteiger partial charge in [0, 0.05) is 44.1 Å². The van der Waals surface area contributed by atoms with Gasteiger partial charge in [0.15, 0.2) is 0 Å². The van der Waals surface area contributed by atoms with E-state index in [-0.39, 0.29) is 0 Å². The summed E-state index contributed by atoms with van der Waals surface area (Å²) in [4.78, 5) is 7.10. The molecule has 0 aliphatic carbocycles. The first-order valence-corrected chi connectivity index (χ1v) is 11.0. The predicted octanol–water partition coefficient (Wildman–Crippen LogP) is 2.84. The van der Waals surface area contributed by atoms with Gasteiger partial charge in [0.2, 0.25) is 11.8 Å². The third-order valence-electron chi connectivity index (χ3n) is 6.54. The number of fused-ring (bicyclic) bond motifs is 2. The molecule has 2 aromatic rings. The highest BCUT2D eigenvalue weighted by Crippen LogP contribution is 2.33. The molecule has 1 saturated heterocycles. The van der Waals surface area contributed by atoms with Gasteiger partial charge < -0.3 is 15.0 Å². The van der Waals surface area contributed by atoms with Crippen molar-refractivity contribution in [3.05, 3.63) is 48.0 Å². The van der Waals surface area contributed by atoms with Crippen molar-refractivity contribution in [2.24, 2.45) is 5.92 Å². The van der Waals surface area contributed by atoms with Gasteiger partial charge in [-0.05, 0) is 56.1 Å². The molecule has 1 N–H and O–H groups in total. The molecule has 0 spiro atoms. The Morgan fingerprint density at radius 3 is 2.90 bits per heavy atom. The van der Waals surface area contributed by atoms with Crippen molar-refractivity contribution in [3.8, 4) is 5.88 Å². The van der Waals surface area contributed by atoms with Crippen molar-refractivity contribution in [2.45, 2.75) is 25.8 Å². The Hall–Kier alpha value is -2.84. The maximum absolute atomic E-state index is 5.71. The molecule has 0 radical (unpaired) electrons. The van der Waals surface area contributed by atoms with Crippen LogP contribution in [0.4, 0.5) is 5.95 Å². The molecule has 164 valence electrons. The monoisotopic (exact) mass is 421 g/mol. The lowest BCUT2D eigenvalue weighted by atomic mass is 9.94. The van der Waals surface area contributed by atoms with Gasteiger partial charge >= 0.3 is 0 Å². The number of hydrogen-bond donors (Lipinski definition) is 1. The molecule has 31 heavy (non-hydrogen) atoms. The lowest BCUT2D eigenvalue weighted by Gasteiger charge is -2.36. The lowest BCUT2D eigenvalue weighted by Crippen LogP contribution is -2.43. The van der Waals surface area contributed by atoms with E-state index in [0.29, 0.717) is 23.8 Å². The molecule has 8 heteroatoms. The summed E-state index contributed by atoms with van der Waals surface area (Å²) in [5.74, 6) is 1.74. The fourth-order valence-electron chi connectivity index (χ4n) is 4.81. The fourth-order valence-corrected chi connectivity index (χ4v) is 4.81. The summed E-state index contributed by atoms with van der Waals surface area (Å²) in [6.07, 6.45) is 12.9. The number of ether oxygens (including phenoxy) is 1. The highest BCUT2D eigenvalue weighted by molar-refractivity contribution is 5.88. The van der Waals surface area contributed by atoms with Crippen LogP contribution in [0, 0.1) is 5.92 Å². The molecule has 0 saturated carbocycles. The number of likely N-dealkylation sites (tertiary alicyclic amines) is 1. The Morgan fingerprint density at radius 1 is 1.23 bits per heavy atom.